The molecular weight excluding hydrogens is 386 g/mol. The van der Waals surface area contributed by atoms with Crippen molar-refractivity contribution >= 4 is 28.6 Å². The van der Waals surface area contributed by atoms with E-state index in [1.54, 1.807) is 13.1 Å². The number of aryl methyl sites for hydroxylation is 1. The average Bonchev–Trinajstić information content (AvgIpc) is 3.25. The fourth-order valence-corrected chi connectivity index (χ4v) is 3.60. The maximum absolute atomic E-state index is 13.8. The van der Waals surface area contributed by atoms with E-state index in [2.05, 4.69) is 9.97 Å². The van der Waals surface area contributed by atoms with E-state index in [-0.39, 0.29) is 12.5 Å². The highest BCUT2D eigenvalue weighted by atomic mass is 16.7. The maximum atomic E-state index is 13.8. The average molecular weight is 407 g/mol. The molecular formula is C22H21N3O5. The van der Waals surface area contributed by atoms with Gasteiger partial charge in [-0.25, -0.2) is 14.6 Å². The summed E-state index contributed by atoms with van der Waals surface area (Å²) >= 11 is 0. The van der Waals surface area contributed by atoms with Crippen molar-refractivity contribution in [3.05, 3.63) is 65.9 Å². The molecule has 30 heavy (non-hydrogen) atoms. The number of ether oxygens (including phenoxy) is 2. The van der Waals surface area contributed by atoms with Gasteiger partial charge in [-0.05, 0) is 26.8 Å². The second kappa shape index (κ2) is 7.29. The third-order valence-electron chi connectivity index (χ3n) is 5.11. The third-order valence-corrected chi connectivity index (χ3v) is 5.11. The number of nitrogens with zero attached hydrogens (tertiary/aromatic N) is 2. The summed E-state index contributed by atoms with van der Waals surface area (Å²) < 4.78 is 12.9. The Hall–Kier alpha value is -3.68. The Morgan fingerprint density at radius 1 is 1.17 bits per heavy atom. The van der Waals surface area contributed by atoms with E-state index < -0.39 is 23.5 Å². The van der Waals surface area contributed by atoms with Gasteiger partial charge in [0.25, 0.3) is 0 Å². The minimum atomic E-state index is -2.16. The van der Waals surface area contributed by atoms with Crippen molar-refractivity contribution in [3.63, 3.8) is 0 Å². The molecule has 4 rings (SSSR count). The number of rotatable bonds is 5. The summed E-state index contributed by atoms with van der Waals surface area (Å²) in [5.74, 6) is -4.46. The van der Waals surface area contributed by atoms with Crippen molar-refractivity contribution in [1.82, 2.24) is 14.5 Å². The van der Waals surface area contributed by atoms with E-state index in [0.29, 0.717) is 22.3 Å². The number of esters is 2. The fraction of sp³-hybridized carbons (Fsp3) is 0.273. The molecule has 1 aliphatic heterocycles. The van der Waals surface area contributed by atoms with Gasteiger partial charge < -0.3 is 19.0 Å². The molecule has 0 saturated carbocycles. The van der Waals surface area contributed by atoms with Crippen molar-refractivity contribution in [2.45, 2.75) is 39.0 Å². The van der Waals surface area contributed by atoms with E-state index in [0.717, 1.165) is 17.7 Å². The third kappa shape index (κ3) is 3.30. The molecule has 0 radical (unpaired) electrons. The Bertz CT molecular complexity index is 1160. The van der Waals surface area contributed by atoms with Crippen LogP contribution >= 0.6 is 0 Å². The number of para-hydroxylation sites is 1. The van der Waals surface area contributed by atoms with Crippen LogP contribution in [0.5, 0.6) is 0 Å². The largest absolute Gasteiger partial charge is 0.411 e. The zero-order valence-corrected chi connectivity index (χ0v) is 16.8. The summed E-state index contributed by atoms with van der Waals surface area (Å²) in [6.45, 7) is 5.77. The van der Waals surface area contributed by atoms with Gasteiger partial charge in [0.15, 0.2) is 0 Å². The number of ketones is 1. The van der Waals surface area contributed by atoms with Crippen molar-refractivity contribution in [2.75, 3.05) is 0 Å². The van der Waals surface area contributed by atoms with Gasteiger partial charge in [-0.2, -0.15) is 0 Å². The molecule has 0 fully saturated rings. The van der Waals surface area contributed by atoms with Crippen molar-refractivity contribution in [2.24, 2.45) is 0 Å². The lowest BCUT2D eigenvalue weighted by atomic mass is 9.97. The monoisotopic (exact) mass is 407 g/mol. The second-order valence-electron chi connectivity index (χ2n) is 7.47. The Balaban J connectivity index is 1.89. The molecule has 0 unspecified atom stereocenters. The van der Waals surface area contributed by atoms with Crippen LogP contribution in [-0.2, 0) is 25.5 Å². The Kier molecular flexibility index (Phi) is 4.77. The van der Waals surface area contributed by atoms with Gasteiger partial charge in [0.1, 0.15) is 0 Å². The SMILES string of the molecule is Cc1[nH]cnc1CC1(C(=O)c2cn(C(C)C)c3ccccc23)OC(=O)C=CC(=O)O1. The first-order chi connectivity index (χ1) is 14.3. The first-order valence-corrected chi connectivity index (χ1v) is 9.58. The summed E-state index contributed by atoms with van der Waals surface area (Å²) in [5, 5.41) is 0.679. The lowest BCUT2D eigenvalue weighted by molar-refractivity contribution is -0.201. The number of carbonyl (C=O) groups excluding carboxylic acids is 3. The van der Waals surface area contributed by atoms with Gasteiger partial charge in [-0.15, -0.1) is 0 Å². The van der Waals surface area contributed by atoms with E-state index in [9.17, 15) is 14.4 Å². The van der Waals surface area contributed by atoms with Gasteiger partial charge in [-0.3, -0.25) is 4.79 Å². The topological polar surface area (TPSA) is 103 Å². The smallest absolute Gasteiger partial charge is 0.334 e. The Morgan fingerprint density at radius 3 is 2.43 bits per heavy atom. The fourth-order valence-electron chi connectivity index (χ4n) is 3.60. The minimum Gasteiger partial charge on any atom is -0.411 e. The number of hydrogen-bond acceptors (Lipinski definition) is 6. The first kappa shape index (κ1) is 19.6. The molecule has 0 saturated heterocycles. The lowest BCUT2D eigenvalue weighted by Crippen LogP contribution is -2.48. The number of aromatic nitrogens is 3. The number of benzene rings is 1. The van der Waals surface area contributed by atoms with Crippen molar-refractivity contribution in [1.29, 1.82) is 0 Å². The number of Topliss-reactive ketones (excluding diaryl/α,β-unsaturated/α-hetero) is 1. The zero-order valence-electron chi connectivity index (χ0n) is 16.8. The minimum absolute atomic E-state index is 0.0851. The number of aromatic amines is 1. The molecule has 3 aromatic rings. The van der Waals surface area contributed by atoms with E-state index in [1.165, 1.54) is 6.33 Å². The van der Waals surface area contributed by atoms with Crippen molar-refractivity contribution < 1.29 is 23.9 Å². The highest BCUT2D eigenvalue weighted by Gasteiger charge is 2.49. The molecule has 1 aliphatic rings. The molecule has 8 nitrogen and oxygen atoms in total. The second-order valence-corrected chi connectivity index (χ2v) is 7.47. The van der Waals surface area contributed by atoms with Crippen LogP contribution < -0.4 is 0 Å². The van der Waals surface area contributed by atoms with Crippen LogP contribution in [-0.4, -0.2) is 38.0 Å². The summed E-state index contributed by atoms with van der Waals surface area (Å²) in [7, 11) is 0. The van der Waals surface area contributed by atoms with Crippen LogP contribution in [0.25, 0.3) is 10.9 Å². The lowest BCUT2D eigenvalue weighted by Gasteiger charge is -2.29. The van der Waals surface area contributed by atoms with E-state index >= 15 is 0 Å². The molecule has 1 N–H and O–H groups in total. The van der Waals surface area contributed by atoms with E-state index in [1.807, 2.05) is 42.7 Å². The molecule has 0 aliphatic carbocycles. The molecule has 154 valence electrons. The van der Waals surface area contributed by atoms with Crippen molar-refractivity contribution in [3.8, 4) is 0 Å². The van der Waals surface area contributed by atoms with E-state index in [4.69, 9.17) is 9.47 Å². The number of carbonyl (C=O) groups is 3. The van der Waals surface area contributed by atoms with Crippen LogP contribution in [0, 0.1) is 6.92 Å². The normalized spacial score (nSPS) is 15.9. The van der Waals surface area contributed by atoms with Gasteiger partial charge in [0.2, 0.25) is 5.78 Å². The Morgan fingerprint density at radius 2 is 1.83 bits per heavy atom. The standard InChI is InChI=1S/C22H21N3O5/c1-13(2)25-11-16(15-6-4-5-7-18(15)25)21(28)22(10-17-14(3)23-12-24-17)29-19(26)8-9-20(27)30-22/h4-9,11-13H,10H2,1-3H3,(H,23,24). The molecule has 0 spiro atoms. The molecule has 0 bridgehead atoms. The van der Waals surface area contributed by atoms with Crippen LogP contribution in [0.1, 0.15) is 41.6 Å². The highest BCUT2D eigenvalue weighted by molar-refractivity contribution is 6.13. The summed E-state index contributed by atoms with van der Waals surface area (Å²) in [6, 6.07) is 7.51. The van der Waals surface area contributed by atoms with Gasteiger partial charge >= 0.3 is 17.7 Å². The number of cyclic esters (lactones) is 2. The molecule has 0 atom stereocenters. The molecule has 8 heteroatoms. The number of H-pyrrole nitrogens is 1. The molecule has 3 heterocycles. The number of hydrogen-bond donors (Lipinski definition) is 1. The van der Waals surface area contributed by atoms with Gasteiger partial charge in [0.05, 0.1) is 24.0 Å². The van der Waals surface area contributed by atoms with Gasteiger partial charge in [-0.1, -0.05) is 18.2 Å². The van der Waals surface area contributed by atoms with Crippen LogP contribution in [0.2, 0.25) is 0 Å². The number of fused-ring (bicyclic) bond motifs is 1. The van der Waals surface area contributed by atoms with Crippen LogP contribution in [0.3, 0.4) is 0 Å². The molecule has 1 aromatic carbocycles. The molecule has 0 amide bonds. The zero-order chi connectivity index (χ0) is 21.5. The molecule has 2 aromatic heterocycles. The van der Waals surface area contributed by atoms with Gasteiger partial charge in [0, 0.05) is 41.0 Å². The highest BCUT2D eigenvalue weighted by Crippen LogP contribution is 2.32. The maximum Gasteiger partial charge on any atom is 0.334 e. The van der Waals surface area contributed by atoms with Crippen LogP contribution in [0.15, 0.2) is 48.9 Å². The summed E-state index contributed by atoms with van der Waals surface area (Å²) in [4.78, 5) is 45.4. The van der Waals surface area contributed by atoms with Crippen LogP contribution in [0.4, 0.5) is 0 Å². The summed E-state index contributed by atoms with van der Waals surface area (Å²) in [5.41, 5.74) is 2.29. The predicted octanol–water partition coefficient (Wildman–Crippen LogP) is 3.03. The summed E-state index contributed by atoms with van der Waals surface area (Å²) in [6.07, 6.45) is 4.86. The number of nitrogens with one attached hydrogen (secondary N) is 1. The first-order valence-electron chi connectivity index (χ1n) is 9.58. The predicted molar refractivity (Wildman–Crippen MR) is 108 cm³/mol. The quantitative estimate of drug-likeness (QED) is 0.515. The number of imidazole rings is 1. The Labute approximate surface area is 172 Å².